The van der Waals surface area contributed by atoms with Crippen LogP contribution >= 0.6 is 0 Å². The summed E-state index contributed by atoms with van der Waals surface area (Å²) in [5.41, 5.74) is 1.54. The summed E-state index contributed by atoms with van der Waals surface area (Å²) in [6.45, 7) is 10.1. The third kappa shape index (κ3) is 4.03. The predicted molar refractivity (Wildman–Crippen MR) is 79.3 cm³/mol. The van der Waals surface area contributed by atoms with Crippen molar-refractivity contribution in [2.45, 2.75) is 58.7 Å². The summed E-state index contributed by atoms with van der Waals surface area (Å²) >= 11 is 0. The van der Waals surface area contributed by atoms with Crippen molar-refractivity contribution in [2.75, 3.05) is 19.6 Å². The van der Waals surface area contributed by atoms with Crippen molar-refractivity contribution in [3.05, 3.63) is 11.9 Å². The summed E-state index contributed by atoms with van der Waals surface area (Å²) < 4.78 is 1.99. The predicted octanol–water partition coefficient (Wildman–Crippen LogP) is 1.65. The standard InChI is InChI=1S/C15H27N5/c1-15(2)6-3-7-19(12-15)8-9-20-11-14(17-18-20)10-16-13-4-5-13/h11,13,16H,3-10,12H2,1-2H3. The average Bonchev–Trinajstić information content (AvgIpc) is 3.12. The lowest BCUT2D eigenvalue weighted by atomic mass is 9.84. The normalized spacial score (nSPS) is 23.1. The highest BCUT2D eigenvalue weighted by atomic mass is 15.4. The second-order valence-electron chi connectivity index (χ2n) is 7.17. The van der Waals surface area contributed by atoms with Crippen LogP contribution < -0.4 is 5.32 Å². The molecule has 1 aliphatic carbocycles. The smallest absolute Gasteiger partial charge is 0.0964 e. The maximum absolute atomic E-state index is 4.24. The van der Waals surface area contributed by atoms with Crippen LogP contribution in [0.1, 0.15) is 45.2 Å². The van der Waals surface area contributed by atoms with E-state index in [0.29, 0.717) is 5.41 Å². The summed E-state index contributed by atoms with van der Waals surface area (Å²) in [7, 11) is 0. The SMILES string of the molecule is CC1(C)CCCN(CCn2cc(CNC3CC3)nn2)C1. The van der Waals surface area contributed by atoms with Crippen LogP contribution in [0, 0.1) is 5.41 Å². The molecule has 2 fully saturated rings. The minimum Gasteiger partial charge on any atom is -0.308 e. The van der Waals surface area contributed by atoms with Gasteiger partial charge >= 0.3 is 0 Å². The molecule has 1 saturated heterocycles. The fourth-order valence-corrected chi connectivity index (χ4v) is 3.04. The molecule has 2 aliphatic rings. The van der Waals surface area contributed by atoms with Gasteiger partial charge in [-0.2, -0.15) is 0 Å². The number of nitrogens with one attached hydrogen (secondary N) is 1. The number of aromatic nitrogens is 3. The number of hydrogen-bond donors (Lipinski definition) is 1. The Hall–Kier alpha value is -0.940. The lowest BCUT2D eigenvalue weighted by Crippen LogP contribution is -2.41. The van der Waals surface area contributed by atoms with Gasteiger partial charge in [0.1, 0.15) is 0 Å². The number of piperidine rings is 1. The number of nitrogens with zero attached hydrogens (tertiary/aromatic N) is 4. The van der Waals surface area contributed by atoms with E-state index in [4.69, 9.17) is 0 Å². The maximum Gasteiger partial charge on any atom is 0.0964 e. The van der Waals surface area contributed by atoms with Crippen molar-refractivity contribution >= 4 is 0 Å². The zero-order valence-electron chi connectivity index (χ0n) is 12.8. The van der Waals surface area contributed by atoms with Gasteiger partial charge in [0.05, 0.1) is 12.2 Å². The van der Waals surface area contributed by atoms with Gasteiger partial charge in [-0.1, -0.05) is 19.1 Å². The van der Waals surface area contributed by atoms with E-state index in [1.54, 1.807) is 0 Å². The van der Waals surface area contributed by atoms with Crippen molar-refractivity contribution in [1.29, 1.82) is 0 Å². The molecule has 0 unspecified atom stereocenters. The Morgan fingerprint density at radius 2 is 2.20 bits per heavy atom. The van der Waals surface area contributed by atoms with Gasteiger partial charge in [-0.25, -0.2) is 0 Å². The summed E-state index contributed by atoms with van der Waals surface area (Å²) in [6, 6.07) is 0.732. The molecule has 0 radical (unpaired) electrons. The topological polar surface area (TPSA) is 46.0 Å². The average molecular weight is 277 g/mol. The van der Waals surface area contributed by atoms with Crippen LogP contribution in [0.2, 0.25) is 0 Å². The van der Waals surface area contributed by atoms with Crippen LogP contribution in [-0.2, 0) is 13.1 Å². The van der Waals surface area contributed by atoms with Crippen LogP contribution in [0.5, 0.6) is 0 Å². The molecule has 1 saturated carbocycles. The van der Waals surface area contributed by atoms with Crippen LogP contribution in [0.3, 0.4) is 0 Å². The van der Waals surface area contributed by atoms with Crippen molar-refractivity contribution in [3.63, 3.8) is 0 Å². The third-order valence-corrected chi connectivity index (χ3v) is 4.36. The van der Waals surface area contributed by atoms with Crippen molar-refractivity contribution in [3.8, 4) is 0 Å². The Morgan fingerprint density at radius 1 is 1.35 bits per heavy atom. The molecule has 0 amide bonds. The van der Waals surface area contributed by atoms with Gasteiger partial charge in [0.15, 0.2) is 0 Å². The first-order valence-electron chi connectivity index (χ1n) is 7.95. The van der Waals surface area contributed by atoms with E-state index in [9.17, 15) is 0 Å². The zero-order chi connectivity index (χ0) is 14.0. The number of hydrogen-bond acceptors (Lipinski definition) is 4. The molecule has 5 heteroatoms. The molecule has 2 heterocycles. The quantitative estimate of drug-likeness (QED) is 0.859. The van der Waals surface area contributed by atoms with Crippen molar-refractivity contribution < 1.29 is 0 Å². The second-order valence-corrected chi connectivity index (χ2v) is 7.17. The Bertz CT molecular complexity index is 435. The van der Waals surface area contributed by atoms with Crippen LogP contribution in [0.25, 0.3) is 0 Å². The van der Waals surface area contributed by atoms with Crippen LogP contribution in [-0.4, -0.2) is 45.6 Å². The first-order chi connectivity index (χ1) is 9.61. The van der Waals surface area contributed by atoms with E-state index in [1.807, 2.05) is 4.68 Å². The molecule has 1 N–H and O–H groups in total. The third-order valence-electron chi connectivity index (χ3n) is 4.36. The lowest BCUT2D eigenvalue weighted by molar-refractivity contribution is 0.113. The van der Waals surface area contributed by atoms with Crippen LogP contribution in [0.15, 0.2) is 6.20 Å². The highest BCUT2D eigenvalue weighted by molar-refractivity contribution is 4.94. The molecule has 20 heavy (non-hydrogen) atoms. The first kappa shape index (κ1) is 14.0. The van der Waals surface area contributed by atoms with E-state index >= 15 is 0 Å². The van der Waals surface area contributed by atoms with Crippen molar-refractivity contribution in [1.82, 2.24) is 25.2 Å². The molecule has 112 valence electrons. The maximum atomic E-state index is 4.24. The van der Waals surface area contributed by atoms with Gasteiger partial charge in [-0.05, 0) is 37.6 Å². The second kappa shape index (κ2) is 5.82. The number of likely N-dealkylation sites (tertiary alicyclic amines) is 1. The molecule has 0 spiro atoms. The highest BCUT2D eigenvalue weighted by Gasteiger charge is 2.26. The summed E-state index contributed by atoms with van der Waals surface area (Å²) in [5, 5.41) is 12.0. The fourth-order valence-electron chi connectivity index (χ4n) is 3.04. The highest BCUT2D eigenvalue weighted by Crippen LogP contribution is 2.28. The lowest BCUT2D eigenvalue weighted by Gasteiger charge is -2.37. The van der Waals surface area contributed by atoms with E-state index in [0.717, 1.165) is 31.4 Å². The van der Waals surface area contributed by atoms with Gasteiger partial charge in [0, 0.05) is 31.9 Å². The zero-order valence-corrected chi connectivity index (χ0v) is 12.8. The van der Waals surface area contributed by atoms with Gasteiger partial charge in [0.25, 0.3) is 0 Å². The monoisotopic (exact) mass is 277 g/mol. The summed E-state index contributed by atoms with van der Waals surface area (Å²) in [6.07, 6.45) is 7.40. The summed E-state index contributed by atoms with van der Waals surface area (Å²) in [4.78, 5) is 2.56. The van der Waals surface area contributed by atoms with E-state index in [2.05, 4.69) is 40.6 Å². The Morgan fingerprint density at radius 3 is 2.95 bits per heavy atom. The van der Waals surface area contributed by atoms with E-state index in [1.165, 1.54) is 38.8 Å². The first-order valence-corrected chi connectivity index (χ1v) is 7.95. The Balaban J connectivity index is 1.43. The fraction of sp³-hybridized carbons (Fsp3) is 0.867. The van der Waals surface area contributed by atoms with Gasteiger partial charge < -0.3 is 10.2 Å². The Labute approximate surface area is 121 Å². The minimum atomic E-state index is 0.472. The molecule has 5 nitrogen and oxygen atoms in total. The molecule has 0 aromatic carbocycles. The van der Waals surface area contributed by atoms with Gasteiger partial charge in [-0.3, -0.25) is 4.68 Å². The Kier molecular flexibility index (Phi) is 4.08. The summed E-state index contributed by atoms with van der Waals surface area (Å²) in [5.74, 6) is 0. The molecular weight excluding hydrogens is 250 g/mol. The molecular formula is C15H27N5. The molecule has 1 aromatic rings. The molecule has 3 rings (SSSR count). The van der Waals surface area contributed by atoms with E-state index in [-0.39, 0.29) is 0 Å². The largest absolute Gasteiger partial charge is 0.308 e. The van der Waals surface area contributed by atoms with Gasteiger partial charge in [0.2, 0.25) is 0 Å². The molecule has 1 aliphatic heterocycles. The van der Waals surface area contributed by atoms with Crippen molar-refractivity contribution in [2.24, 2.45) is 5.41 Å². The number of rotatable bonds is 6. The molecule has 0 bridgehead atoms. The minimum absolute atomic E-state index is 0.472. The van der Waals surface area contributed by atoms with Crippen LogP contribution in [0.4, 0.5) is 0 Å². The molecule has 1 aromatic heterocycles. The molecule has 0 atom stereocenters. The van der Waals surface area contributed by atoms with Gasteiger partial charge in [-0.15, -0.1) is 5.10 Å². The van der Waals surface area contributed by atoms with E-state index < -0.39 is 0 Å².